The van der Waals surface area contributed by atoms with Gasteiger partial charge in [0.25, 0.3) is 5.91 Å². The standard InChI is InChI=1S/C12H18N2O5/c1-5-6-7-9(18-11(16)17)8(14-19-7)10(15)13-12(2,3)4/h5-6H2,1-4H3,(H,13,15)(H,16,17). The second-order valence-electron chi connectivity index (χ2n) is 5.11. The van der Waals surface area contributed by atoms with E-state index in [0.717, 1.165) is 0 Å². The lowest BCUT2D eigenvalue weighted by molar-refractivity contribution is 0.0907. The molecule has 0 aliphatic carbocycles. The van der Waals surface area contributed by atoms with E-state index < -0.39 is 17.6 Å². The molecule has 0 aliphatic rings. The maximum atomic E-state index is 12.0. The molecule has 19 heavy (non-hydrogen) atoms. The van der Waals surface area contributed by atoms with Gasteiger partial charge in [-0.3, -0.25) is 4.79 Å². The van der Waals surface area contributed by atoms with E-state index >= 15 is 0 Å². The van der Waals surface area contributed by atoms with E-state index in [-0.39, 0.29) is 17.2 Å². The summed E-state index contributed by atoms with van der Waals surface area (Å²) in [6.45, 7) is 7.29. The first kappa shape index (κ1) is 15.0. The summed E-state index contributed by atoms with van der Waals surface area (Å²) in [6.07, 6.45) is -0.352. The Hall–Kier alpha value is -2.05. The number of carboxylic acid groups (broad SMARTS) is 1. The molecule has 0 bridgehead atoms. The number of aromatic nitrogens is 1. The second kappa shape index (κ2) is 5.73. The summed E-state index contributed by atoms with van der Waals surface area (Å²) >= 11 is 0. The molecule has 106 valence electrons. The van der Waals surface area contributed by atoms with Crippen molar-refractivity contribution in [3.05, 3.63) is 11.5 Å². The van der Waals surface area contributed by atoms with Crippen LogP contribution >= 0.6 is 0 Å². The molecule has 1 aromatic heterocycles. The number of ether oxygens (including phenoxy) is 1. The fourth-order valence-corrected chi connectivity index (χ4v) is 1.44. The molecule has 1 heterocycles. The molecule has 0 unspecified atom stereocenters. The Morgan fingerprint density at radius 2 is 2.05 bits per heavy atom. The first-order chi connectivity index (χ1) is 8.74. The van der Waals surface area contributed by atoms with Crippen LogP contribution in [0.5, 0.6) is 5.75 Å². The Balaban J connectivity index is 3.05. The Bertz CT molecular complexity index is 473. The monoisotopic (exact) mass is 270 g/mol. The van der Waals surface area contributed by atoms with E-state index in [1.54, 1.807) is 20.8 Å². The maximum Gasteiger partial charge on any atom is 0.511 e. The van der Waals surface area contributed by atoms with Crippen LogP contribution in [0.4, 0.5) is 4.79 Å². The molecular formula is C12H18N2O5. The number of amides is 1. The second-order valence-corrected chi connectivity index (χ2v) is 5.11. The highest BCUT2D eigenvalue weighted by Gasteiger charge is 2.27. The average Bonchev–Trinajstić information content (AvgIpc) is 2.59. The van der Waals surface area contributed by atoms with Gasteiger partial charge in [-0.2, -0.15) is 0 Å². The molecule has 0 saturated carbocycles. The third-order valence-corrected chi connectivity index (χ3v) is 2.09. The minimum atomic E-state index is -1.51. The predicted octanol–water partition coefficient (Wildman–Crippen LogP) is 2.21. The molecular weight excluding hydrogens is 252 g/mol. The van der Waals surface area contributed by atoms with E-state index in [1.165, 1.54) is 0 Å². The molecule has 1 aromatic rings. The number of aryl methyl sites for hydroxylation is 1. The van der Waals surface area contributed by atoms with Crippen LogP contribution in [-0.2, 0) is 6.42 Å². The number of carbonyl (C=O) groups excluding carboxylic acids is 1. The summed E-state index contributed by atoms with van der Waals surface area (Å²) < 4.78 is 9.58. The normalized spacial score (nSPS) is 11.2. The lowest BCUT2D eigenvalue weighted by Gasteiger charge is -2.19. The fraction of sp³-hybridized carbons (Fsp3) is 0.583. The lowest BCUT2D eigenvalue weighted by atomic mass is 10.1. The first-order valence-corrected chi connectivity index (χ1v) is 5.96. The number of nitrogens with zero attached hydrogens (tertiary/aromatic N) is 1. The van der Waals surface area contributed by atoms with Crippen molar-refractivity contribution in [3.8, 4) is 5.75 Å². The molecule has 1 amide bonds. The number of carbonyl (C=O) groups is 2. The number of nitrogens with one attached hydrogen (secondary N) is 1. The summed E-state index contributed by atoms with van der Waals surface area (Å²) in [5.41, 5.74) is -0.623. The third-order valence-electron chi connectivity index (χ3n) is 2.09. The minimum Gasteiger partial charge on any atom is -0.449 e. The van der Waals surface area contributed by atoms with Crippen molar-refractivity contribution in [1.29, 1.82) is 0 Å². The number of hydrogen-bond acceptors (Lipinski definition) is 5. The SMILES string of the molecule is CCCc1onc(C(=O)NC(C)(C)C)c1OC(=O)O. The molecule has 7 nitrogen and oxygen atoms in total. The molecule has 0 fully saturated rings. The van der Waals surface area contributed by atoms with Gasteiger partial charge >= 0.3 is 6.16 Å². The number of hydrogen-bond donors (Lipinski definition) is 2. The van der Waals surface area contributed by atoms with Crippen molar-refractivity contribution >= 4 is 12.1 Å². The highest BCUT2D eigenvalue weighted by Crippen LogP contribution is 2.25. The van der Waals surface area contributed by atoms with Gasteiger partial charge in [0.1, 0.15) is 0 Å². The fourth-order valence-electron chi connectivity index (χ4n) is 1.44. The van der Waals surface area contributed by atoms with Crippen LogP contribution in [0, 0.1) is 0 Å². The van der Waals surface area contributed by atoms with Crippen molar-refractivity contribution < 1.29 is 24.0 Å². The highest BCUT2D eigenvalue weighted by atomic mass is 16.7. The van der Waals surface area contributed by atoms with Gasteiger partial charge in [-0.1, -0.05) is 12.1 Å². The maximum absolute atomic E-state index is 12.0. The highest BCUT2D eigenvalue weighted by molar-refractivity contribution is 5.96. The molecule has 2 N–H and O–H groups in total. The molecule has 1 rings (SSSR count). The molecule has 0 aliphatic heterocycles. The molecule has 0 spiro atoms. The summed E-state index contributed by atoms with van der Waals surface area (Å²) in [5, 5.41) is 15.0. The minimum absolute atomic E-state index is 0.129. The van der Waals surface area contributed by atoms with Gasteiger partial charge in [-0.15, -0.1) is 0 Å². The Morgan fingerprint density at radius 3 is 2.53 bits per heavy atom. The molecule has 0 radical (unpaired) electrons. The van der Waals surface area contributed by atoms with E-state index in [2.05, 4.69) is 15.2 Å². The van der Waals surface area contributed by atoms with Gasteiger partial charge in [0.05, 0.1) is 0 Å². The van der Waals surface area contributed by atoms with Gasteiger partial charge in [-0.05, 0) is 27.2 Å². The van der Waals surface area contributed by atoms with Gasteiger partial charge in [0.2, 0.25) is 11.4 Å². The van der Waals surface area contributed by atoms with Crippen LogP contribution in [0.1, 0.15) is 50.4 Å². The largest absolute Gasteiger partial charge is 0.511 e. The Labute approximate surface area is 110 Å². The van der Waals surface area contributed by atoms with Crippen LogP contribution < -0.4 is 10.1 Å². The molecule has 0 aromatic carbocycles. The summed E-state index contributed by atoms with van der Waals surface area (Å²) in [7, 11) is 0. The van der Waals surface area contributed by atoms with Crippen molar-refractivity contribution in [1.82, 2.24) is 10.5 Å². The van der Waals surface area contributed by atoms with Gasteiger partial charge in [-0.25, -0.2) is 4.79 Å². The van der Waals surface area contributed by atoms with E-state index in [4.69, 9.17) is 9.63 Å². The van der Waals surface area contributed by atoms with Crippen LogP contribution in [0.3, 0.4) is 0 Å². The van der Waals surface area contributed by atoms with E-state index in [0.29, 0.717) is 12.8 Å². The van der Waals surface area contributed by atoms with E-state index in [9.17, 15) is 9.59 Å². The zero-order valence-corrected chi connectivity index (χ0v) is 11.4. The van der Waals surface area contributed by atoms with Crippen molar-refractivity contribution in [2.24, 2.45) is 0 Å². The van der Waals surface area contributed by atoms with Gasteiger partial charge in [0.15, 0.2) is 5.76 Å². The molecule has 0 atom stereocenters. The van der Waals surface area contributed by atoms with Crippen molar-refractivity contribution in [3.63, 3.8) is 0 Å². The van der Waals surface area contributed by atoms with Crippen LogP contribution in [-0.4, -0.2) is 27.9 Å². The van der Waals surface area contributed by atoms with Crippen molar-refractivity contribution in [2.75, 3.05) is 0 Å². The van der Waals surface area contributed by atoms with Crippen LogP contribution in [0.2, 0.25) is 0 Å². The van der Waals surface area contributed by atoms with E-state index in [1.807, 2.05) is 6.92 Å². The zero-order valence-electron chi connectivity index (χ0n) is 11.4. The zero-order chi connectivity index (χ0) is 14.6. The average molecular weight is 270 g/mol. The molecule has 0 saturated heterocycles. The Morgan fingerprint density at radius 1 is 1.42 bits per heavy atom. The van der Waals surface area contributed by atoms with Crippen LogP contribution in [0.15, 0.2) is 4.52 Å². The van der Waals surface area contributed by atoms with Crippen LogP contribution in [0.25, 0.3) is 0 Å². The topological polar surface area (TPSA) is 102 Å². The van der Waals surface area contributed by atoms with Gasteiger partial charge < -0.3 is 19.7 Å². The number of rotatable bonds is 4. The lowest BCUT2D eigenvalue weighted by Crippen LogP contribution is -2.40. The van der Waals surface area contributed by atoms with Gasteiger partial charge in [0, 0.05) is 12.0 Å². The molecule has 7 heteroatoms. The van der Waals surface area contributed by atoms with Crippen molar-refractivity contribution in [2.45, 2.75) is 46.1 Å². The smallest absolute Gasteiger partial charge is 0.449 e. The quantitative estimate of drug-likeness (QED) is 0.813. The summed E-state index contributed by atoms with van der Waals surface area (Å²) in [5.74, 6) is -0.407. The first-order valence-electron chi connectivity index (χ1n) is 5.96. The predicted molar refractivity (Wildman–Crippen MR) is 66.4 cm³/mol. The summed E-state index contributed by atoms with van der Waals surface area (Å²) in [4.78, 5) is 22.6. The third kappa shape index (κ3) is 4.27. The Kier molecular flexibility index (Phi) is 4.52. The summed E-state index contributed by atoms with van der Waals surface area (Å²) in [6, 6.07) is 0.